The van der Waals surface area contributed by atoms with E-state index in [0.29, 0.717) is 34.8 Å². The molecule has 0 bridgehead atoms. The van der Waals surface area contributed by atoms with Crippen molar-refractivity contribution in [3.8, 4) is 5.75 Å². The van der Waals surface area contributed by atoms with E-state index in [0.717, 1.165) is 16.8 Å². The third-order valence-corrected chi connectivity index (χ3v) is 5.84. The Balaban J connectivity index is 1.90. The highest BCUT2D eigenvalue weighted by atomic mass is 16.5. The van der Waals surface area contributed by atoms with Gasteiger partial charge in [-0.25, -0.2) is 4.90 Å². The van der Waals surface area contributed by atoms with Gasteiger partial charge < -0.3 is 9.64 Å². The number of benzene rings is 3. The Bertz CT molecular complexity index is 1200. The average molecular weight is 427 g/mol. The van der Waals surface area contributed by atoms with E-state index in [4.69, 9.17) is 4.74 Å². The van der Waals surface area contributed by atoms with E-state index in [1.165, 1.54) is 4.90 Å². The van der Waals surface area contributed by atoms with Crippen molar-refractivity contribution >= 4 is 28.8 Å². The zero-order chi connectivity index (χ0) is 22.8. The summed E-state index contributed by atoms with van der Waals surface area (Å²) in [5, 5.41) is 0. The Morgan fingerprint density at radius 2 is 1.53 bits per heavy atom. The minimum atomic E-state index is -0.326. The van der Waals surface area contributed by atoms with Crippen molar-refractivity contribution in [2.24, 2.45) is 0 Å². The molecule has 0 spiro atoms. The second-order valence-electron chi connectivity index (χ2n) is 7.75. The standard InChI is InChI=1S/C27H26N2O3/c1-5-28(21-9-7-6-8-10-21)25-24(20-12-15-23(32-4)16-13-20)26(30)29(27(25)31)22-14-11-18(2)19(3)17-22/h6-17H,5H2,1-4H3. The van der Waals surface area contributed by atoms with Crippen LogP contribution in [-0.4, -0.2) is 25.5 Å². The second-order valence-corrected chi connectivity index (χ2v) is 7.75. The average Bonchev–Trinajstić information content (AvgIpc) is 3.07. The first-order chi connectivity index (χ1) is 15.5. The lowest BCUT2D eigenvalue weighted by Crippen LogP contribution is -2.35. The molecule has 2 amide bonds. The van der Waals surface area contributed by atoms with Gasteiger partial charge in [-0.15, -0.1) is 0 Å². The second kappa shape index (κ2) is 8.71. The predicted molar refractivity (Wildman–Crippen MR) is 128 cm³/mol. The number of amides is 2. The fraction of sp³-hybridized carbons (Fsp3) is 0.185. The van der Waals surface area contributed by atoms with Crippen molar-refractivity contribution < 1.29 is 14.3 Å². The predicted octanol–water partition coefficient (Wildman–Crippen LogP) is 5.12. The fourth-order valence-corrected chi connectivity index (χ4v) is 3.96. The fourth-order valence-electron chi connectivity index (χ4n) is 3.96. The molecule has 0 saturated carbocycles. The van der Waals surface area contributed by atoms with Gasteiger partial charge in [0, 0.05) is 12.2 Å². The maximum Gasteiger partial charge on any atom is 0.282 e. The van der Waals surface area contributed by atoms with Crippen molar-refractivity contribution in [3.05, 3.63) is 95.2 Å². The monoisotopic (exact) mass is 426 g/mol. The summed E-state index contributed by atoms with van der Waals surface area (Å²) in [6.45, 7) is 6.50. The molecule has 1 aliphatic rings. The van der Waals surface area contributed by atoms with E-state index in [1.54, 1.807) is 19.2 Å². The first-order valence-corrected chi connectivity index (χ1v) is 10.6. The van der Waals surface area contributed by atoms with Crippen molar-refractivity contribution in [3.63, 3.8) is 0 Å². The van der Waals surface area contributed by atoms with Gasteiger partial charge in [-0.1, -0.05) is 36.4 Å². The Labute approximate surface area is 188 Å². The van der Waals surface area contributed by atoms with Crippen LogP contribution in [0, 0.1) is 13.8 Å². The number of likely N-dealkylation sites (N-methyl/N-ethyl adjacent to an activating group) is 1. The van der Waals surface area contributed by atoms with Crippen LogP contribution in [0.3, 0.4) is 0 Å². The third-order valence-electron chi connectivity index (χ3n) is 5.84. The minimum Gasteiger partial charge on any atom is -0.497 e. The smallest absolute Gasteiger partial charge is 0.282 e. The van der Waals surface area contributed by atoms with Crippen LogP contribution >= 0.6 is 0 Å². The molecule has 1 aliphatic heterocycles. The molecule has 4 rings (SSSR count). The Morgan fingerprint density at radius 1 is 0.844 bits per heavy atom. The minimum absolute atomic E-state index is 0.324. The quantitative estimate of drug-likeness (QED) is 0.513. The van der Waals surface area contributed by atoms with Crippen LogP contribution in [0.1, 0.15) is 23.6 Å². The maximum atomic E-state index is 13.8. The zero-order valence-corrected chi connectivity index (χ0v) is 18.8. The molecule has 1 heterocycles. The van der Waals surface area contributed by atoms with Crippen molar-refractivity contribution in [2.75, 3.05) is 23.5 Å². The number of ether oxygens (including phenoxy) is 1. The molecule has 0 aromatic heterocycles. The van der Waals surface area contributed by atoms with Crippen LogP contribution in [0.5, 0.6) is 5.75 Å². The molecular weight excluding hydrogens is 400 g/mol. The number of rotatable bonds is 6. The van der Waals surface area contributed by atoms with Gasteiger partial charge in [0.15, 0.2) is 0 Å². The zero-order valence-electron chi connectivity index (χ0n) is 18.8. The van der Waals surface area contributed by atoms with Gasteiger partial charge in [0.1, 0.15) is 11.4 Å². The van der Waals surface area contributed by atoms with Crippen molar-refractivity contribution in [2.45, 2.75) is 20.8 Å². The molecular formula is C27H26N2O3. The molecule has 3 aromatic rings. The van der Waals surface area contributed by atoms with E-state index in [1.807, 2.05) is 86.3 Å². The number of hydrogen-bond donors (Lipinski definition) is 0. The van der Waals surface area contributed by atoms with Gasteiger partial charge in [0.2, 0.25) is 0 Å². The molecule has 32 heavy (non-hydrogen) atoms. The Hall–Kier alpha value is -3.86. The summed E-state index contributed by atoms with van der Waals surface area (Å²) in [6, 6.07) is 22.6. The molecule has 162 valence electrons. The van der Waals surface area contributed by atoms with Crippen LogP contribution in [0.2, 0.25) is 0 Å². The number of methoxy groups -OCH3 is 1. The van der Waals surface area contributed by atoms with Gasteiger partial charge >= 0.3 is 0 Å². The Morgan fingerprint density at radius 3 is 2.12 bits per heavy atom. The van der Waals surface area contributed by atoms with Gasteiger partial charge in [-0.05, 0) is 73.9 Å². The largest absolute Gasteiger partial charge is 0.497 e. The molecule has 3 aromatic carbocycles. The first-order valence-electron chi connectivity index (χ1n) is 10.6. The number of imide groups is 1. The molecule has 0 saturated heterocycles. The highest BCUT2D eigenvalue weighted by molar-refractivity contribution is 6.46. The van der Waals surface area contributed by atoms with Gasteiger partial charge in [0.05, 0.1) is 18.4 Å². The van der Waals surface area contributed by atoms with E-state index < -0.39 is 0 Å². The maximum absolute atomic E-state index is 13.8. The summed E-state index contributed by atoms with van der Waals surface area (Å²) < 4.78 is 5.27. The van der Waals surface area contributed by atoms with E-state index >= 15 is 0 Å². The normalized spacial score (nSPS) is 13.7. The lowest BCUT2D eigenvalue weighted by molar-refractivity contribution is -0.120. The summed E-state index contributed by atoms with van der Waals surface area (Å²) in [4.78, 5) is 30.7. The number of nitrogens with zero attached hydrogens (tertiary/aromatic N) is 2. The number of aryl methyl sites for hydroxylation is 2. The van der Waals surface area contributed by atoms with Crippen molar-refractivity contribution in [1.29, 1.82) is 0 Å². The Kier molecular flexibility index (Phi) is 5.82. The summed E-state index contributed by atoms with van der Waals surface area (Å²) >= 11 is 0. The molecule has 0 N–H and O–H groups in total. The van der Waals surface area contributed by atoms with Gasteiger partial charge in [-0.3, -0.25) is 9.59 Å². The SMILES string of the molecule is CCN(C1=C(c2ccc(OC)cc2)C(=O)N(c2ccc(C)c(C)c2)C1=O)c1ccccc1. The summed E-state index contributed by atoms with van der Waals surface area (Å²) in [5.74, 6) is 0.0386. The van der Waals surface area contributed by atoms with Gasteiger partial charge in [-0.2, -0.15) is 0 Å². The van der Waals surface area contributed by atoms with E-state index in [-0.39, 0.29) is 11.8 Å². The highest BCUT2D eigenvalue weighted by Gasteiger charge is 2.42. The van der Waals surface area contributed by atoms with Crippen LogP contribution in [0.15, 0.2) is 78.5 Å². The molecule has 0 atom stereocenters. The van der Waals surface area contributed by atoms with Crippen LogP contribution in [0.4, 0.5) is 11.4 Å². The topological polar surface area (TPSA) is 49.9 Å². The highest BCUT2D eigenvalue weighted by Crippen LogP contribution is 2.37. The van der Waals surface area contributed by atoms with Crippen molar-refractivity contribution in [1.82, 2.24) is 0 Å². The number of hydrogen-bond acceptors (Lipinski definition) is 4. The number of carbonyl (C=O) groups excluding carboxylic acids is 2. The molecule has 0 radical (unpaired) electrons. The lowest BCUT2D eigenvalue weighted by atomic mass is 10.0. The number of anilines is 2. The van der Waals surface area contributed by atoms with Crippen LogP contribution in [0.25, 0.3) is 5.57 Å². The van der Waals surface area contributed by atoms with E-state index in [9.17, 15) is 9.59 Å². The molecule has 0 unspecified atom stereocenters. The summed E-state index contributed by atoms with van der Waals surface area (Å²) in [7, 11) is 1.60. The number of para-hydroxylation sites is 1. The first kappa shape index (κ1) is 21.4. The van der Waals surface area contributed by atoms with Crippen LogP contribution < -0.4 is 14.5 Å². The number of carbonyl (C=O) groups is 2. The van der Waals surface area contributed by atoms with Crippen LogP contribution in [-0.2, 0) is 9.59 Å². The lowest BCUT2D eigenvalue weighted by Gasteiger charge is -2.25. The summed E-state index contributed by atoms with van der Waals surface area (Å²) in [5.41, 5.74) is 5.02. The molecule has 0 fully saturated rings. The van der Waals surface area contributed by atoms with Gasteiger partial charge in [0.25, 0.3) is 11.8 Å². The third kappa shape index (κ3) is 3.66. The molecule has 0 aliphatic carbocycles. The van der Waals surface area contributed by atoms with E-state index in [2.05, 4.69) is 0 Å². The molecule has 5 nitrogen and oxygen atoms in total. The summed E-state index contributed by atoms with van der Waals surface area (Å²) in [6.07, 6.45) is 0. The molecule has 5 heteroatoms.